The molecule has 1 aliphatic rings. The van der Waals surface area contributed by atoms with E-state index in [9.17, 15) is 9.18 Å². The molecule has 1 fully saturated rings. The van der Waals surface area contributed by atoms with Gasteiger partial charge in [-0.25, -0.2) is 4.39 Å². The Morgan fingerprint density at radius 2 is 2.06 bits per heavy atom. The lowest BCUT2D eigenvalue weighted by molar-refractivity contribution is 0.0912. The van der Waals surface area contributed by atoms with Crippen LogP contribution in [0.2, 0.25) is 0 Å². The lowest BCUT2D eigenvalue weighted by Gasteiger charge is -2.29. The molecule has 0 spiro atoms. The van der Waals surface area contributed by atoms with E-state index in [2.05, 4.69) is 17.3 Å². The predicted octanol–water partition coefficient (Wildman–Crippen LogP) is 1.96. The molecule has 1 aromatic rings. The molecule has 1 aliphatic heterocycles. The Kier molecular flexibility index (Phi) is 3.97. The maximum Gasteiger partial charge on any atom is 0.254 e. The number of piperidine rings is 1. The highest BCUT2D eigenvalue weighted by Gasteiger charge is 2.20. The molecule has 0 unspecified atom stereocenters. The number of carbonyl (C=O) groups is 1. The molecule has 0 bridgehead atoms. The fraction of sp³-hybridized carbons (Fsp3) is 0.500. The van der Waals surface area contributed by atoms with Crippen LogP contribution < -0.4 is 5.32 Å². The molecular formula is C14H19FN2O. The van der Waals surface area contributed by atoms with Crippen LogP contribution in [0.15, 0.2) is 18.2 Å². The standard InChI is InChI=1S/C14H19FN2O/c1-10-3-4-13(15)12(9-10)14(18)16-11-5-7-17(2)8-6-11/h3-4,9,11H,5-8H2,1-2H3,(H,16,18). The first kappa shape index (κ1) is 13.0. The van der Waals surface area contributed by atoms with Gasteiger partial charge in [-0.1, -0.05) is 11.6 Å². The number of hydrogen-bond donors (Lipinski definition) is 1. The topological polar surface area (TPSA) is 32.3 Å². The van der Waals surface area contributed by atoms with E-state index in [-0.39, 0.29) is 17.5 Å². The molecule has 0 aliphatic carbocycles. The summed E-state index contributed by atoms with van der Waals surface area (Å²) in [5.74, 6) is -0.753. The number of likely N-dealkylation sites (tertiary alicyclic amines) is 1. The maximum absolute atomic E-state index is 13.6. The summed E-state index contributed by atoms with van der Waals surface area (Å²) >= 11 is 0. The third kappa shape index (κ3) is 3.07. The molecule has 1 heterocycles. The first-order valence-corrected chi connectivity index (χ1v) is 6.32. The molecule has 0 atom stereocenters. The van der Waals surface area contributed by atoms with Crippen LogP contribution in [0.5, 0.6) is 0 Å². The summed E-state index contributed by atoms with van der Waals surface area (Å²) in [5.41, 5.74) is 1.04. The second-order valence-corrected chi connectivity index (χ2v) is 5.03. The number of aryl methyl sites for hydroxylation is 1. The molecule has 2 rings (SSSR count). The molecule has 0 radical (unpaired) electrons. The monoisotopic (exact) mass is 250 g/mol. The molecule has 4 heteroatoms. The Balaban J connectivity index is 2.01. The van der Waals surface area contributed by atoms with Crippen LogP contribution in [0.3, 0.4) is 0 Å². The van der Waals surface area contributed by atoms with Gasteiger partial charge in [-0.2, -0.15) is 0 Å². The van der Waals surface area contributed by atoms with E-state index in [0.717, 1.165) is 31.5 Å². The van der Waals surface area contributed by atoms with Gasteiger partial charge in [-0.3, -0.25) is 4.79 Å². The Bertz CT molecular complexity index is 439. The minimum absolute atomic E-state index is 0.147. The van der Waals surface area contributed by atoms with Crippen LogP contribution >= 0.6 is 0 Å². The van der Waals surface area contributed by atoms with Gasteiger partial charge in [0.05, 0.1) is 5.56 Å². The first-order chi connectivity index (χ1) is 8.56. The van der Waals surface area contributed by atoms with Crippen molar-refractivity contribution in [1.82, 2.24) is 10.2 Å². The number of nitrogens with zero attached hydrogens (tertiary/aromatic N) is 1. The number of hydrogen-bond acceptors (Lipinski definition) is 2. The minimum atomic E-state index is -0.453. The van der Waals surface area contributed by atoms with Gasteiger partial charge >= 0.3 is 0 Å². The molecule has 3 nitrogen and oxygen atoms in total. The van der Waals surface area contributed by atoms with Crippen molar-refractivity contribution in [1.29, 1.82) is 0 Å². The van der Waals surface area contributed by atoms with Crippen LogP contribution in [-0.2, 0) is 0 Å². The van der Waals surface area contributed by atoms with Crippen LogP contribution in [0.1, 0.15) is 28.8 Å². The van der Waals surface area contributed by atoms with E-state index >= 15 is 0 Å². The Hall–Kier alpha value is -1.42. The summed E-state index contributed by atoms with van der Waals surface area (Å²) in [6.07, 6.45) is 1.85. The lowest BCUT2D eigenvalue weighted by atomic mass is 10.0. The van der Waals surface area contributed by atoms with Gasteiger partial charge in [0, 0.05) is 6.04 Å². The van der Waals surface area contributed by atoms with Gasteiger partial charge in [0.1, 0.15) is 5.82 Å². The molecule has 1 aromatic carbocycles. The zero-order valence-electron chi connectivity index (χ0n) is 10.9. The third-order valence-electron chi connectivity index (χ3n) is 3.42. The number of amides is 1. The van der Waals surface area contributed by atoms with Crippen molar-refractivity contribution in [2.45, 2.75) is 25.8 Å². The Labute approximate surface area is 107 Å². The highest BCUT2D eigenvalue weighted by atomic mass is 19.1. The summed E-state index contributed by atoms with van der Waals surface area (Å²) in [4.78, 5) is 14.2. The van der Waals surface area contributed by atoms with E-state index in [1.807, 2.05) is 6.92 Å². The van der Waals surface area contributed by atoms with Crippen molar-refractivity contribution in [3.05, 3.63) is 35.1 Å². The highest BCUT2D eigenvalue weighted by molar-refractivity contribution is 5.94. The van der Waals surface area contributed by atoms with Gasteiger partial charge in [0.25, 0.3) is 5.91 Å². The van der Waals surface area contributed by atoms with Gasteiger partial charge < -0.3 is 10.2 Å². The highest BCUT2D eigenvalue weighted by Crippen LogP contribution is 2.13. The SMILES string of the molecule is Cc1ccc(F)c(C(=O)NC2CCN(C)CC2)c1. The van der Waals surface area contributed by atoms with Gasteiger partial charge in [0.2, 0.25) is 0 Å². The second kappa shape index (κ2) is 5.48. The summed E-state index contributed by atoms with van der Waals surface area (Å²) in [6, 6.07) is 4.77. The summed E-state index contributed by atoms with van der Waals surface area (Å²) < 4.78 is 13.6. The van der Waals surface area contributed by atoms with Crippen LogP contribution in [0.4, 0.5) is 4.39 Å². The summed E-state index contributed by atoms with van der Waals surface area (Å²) in [5, 5.41) is 2.92. The van der Waals surface area contributed by atoms with Gasteiger partial charge in [-0.15, -0.1) is 0 Å². The van der Waals surface area contributed by atoms with Crippen LogP contribution in [0, 0.1) is 12.7 Å². The Morgan fingerprint density at radius 3 is 2.72 bits per heavy atom. The van der Waals surface area contributed by atoms with E-state index in [0.29, 0.717) is 0 Å². The molecule has 1 N–H and O–H groups in total. The largest absolute Gasteiger partial charge is 0.349 e. The van der Waals surface area contributed by atoms with E-state index in [4.69, 9.17) is 0 Å². The van der Waals surface area contributed by atoms with Crippen molar-refractivity contribution < 1.29 is 9.18 Å². The molecule has 18 heavy (non-hydrogen) atoms. The van der Waals surface area contributed by atoms with Gasteiger partial charge in [-0.05, 0) is 52.0 Å². The second-order valence-electron chi connectivity index (χ2n) is 5.03. The maximum atomic E-state index is 13.6. The number of nitrogens with one attached hydrogen (secondary N) is 1. The fourth-order valence-corrected chi connectivity index (χ4v) is 2.23. The molecule has 98 valence electrons. The lowest BCUT2D eigenvalue weighted by Crippen LogP contribution is -2.43. The zero-order chi connectivity index (χ0) is 13.1. The average molecular weight is 250 g/mol. The number of carbonyl (C=O) groups excluding carboxylic acids is 1. The molecule has 1 amide bonds. The number of halogens is 1. The van der Waals surface area contributed by atoms with Crippen molar-refractivity contribution >= 4 is 5.91 Å². The smallest absolute Gasteiger partial charge is 0.254 e. The molecule has 0 aromatic heterocycles. The van der Waals surface area contributed by atoms with E-state index in [1.54, 1.807) is 12.1 Å². The van der Waals surface area contributed by atoms with E-state index < -0.39 is 5.82 Å². The molecule has 0 saturated carbocycles. The summed E-state index contributed by atoms with van der Waals surface area (Å²) in [7, 11) is 2.07. The van der Waals surface area contributed by atoms with Crippen LogP contribution in [0.25, 0.3) is 0 Å². The molecular weight excluding hydrogens is 231 g/mol. The van der Waals surface area contributed by atoms with Gasteiger partial charge in [0.15, 0.2) is 0 Å². The van der Waals surface area contributed by atoms with Crippen molar-refractivity contribution in [3.8, 4) is 0 Å². The third-order valence-corrected chi connectivity index (χ3v) is 3.42. The summed E-state index contributed by atoms with van der Waals surface area (Å²) in [6.45, 7) is 3.80. The number of rotatable bonds is 2. The predicted molar refractivity (Wildman–Crippen MR) is 69.1 cm³/mol. The van der Waals surface area contributed by atoms with Crippen molar-refractivity contribution in [2.75, 3.05) is 20.1 Å². The average Bonchev–Trinajstić information content (AvgIpc) is 2.35. The normalized spacial score (nSPS) is 17.7. The first-order valence-electron chi connectivity index (χ1n) is 6.32. The zero-order valence-corrected chi connectivity index (χ0v) is 10.9. The fourth-order valence-electron chi connectivity index (χ4n) is 2.23. The molecule has 1 saturated heterocycles. The minimum Gasteiger partial charge on any atom is -0.349 e. The Morgan fingerprint density at radius 1 is 1.39 bits per heavy atom. The van der Waals surface area contributed by atoms with Crippen molar-refractivity contribution in [2.24, 2.45) is 0 Å². The van der Waals surface area contributed by atoms with Crippen LogP contribution in [-0.4, -0.2) is 37.0 Å². The van der Waals surface area contributed by atoms with Crippen molar-refractivity contribution in [3.63, 3.8) is 0 Å². The number of benzene rings is 1. The van der Waals surface area contributed by atoms with E-state index in [1.165, 1.54) is 6.07 Å². The quantitative estimate of drug-likeness (QED) is 0.870.